The number of hydrogen-bond donors (Lipinski definition) is 2. The van der Waals surface area contributed by atoms with Crippen molar-refractivity contribution in [3.8, 4) is 0 Å². The van der Waals surface area contributed by atoms with Crippen LogP contribution in [-0.2, 0) is 5.41 Å². The van der Waals surface area contributed by atoms with Crippen LogP contribution >= 0.6 is 0 Å². The maximum absolute atomic E-state index is 10.8. The molecule has 0 aliphatic carbocycles. The maximum atomic E-state index is 10.8. The van der Waals surface area contributed by atoms with Gasteiger partial charge < -0.3 is 10.1 Å². The van der Waals surface area contributed by atoms with Gasteiger partial charge in [-0.15, -0.1) is 0 Å². The highest BCUT2D eigenvalue weighted by atomic mass is 16.4. The molecular formula is C12H15N3O2. The number of aromatic nitrogens is 3. The summed E-state index contributed by atoms with van der Waals surface area (Å²) in [6, 6.07) is 1.56. The van der Waals surface area contributed by atoms with Gasteiger partial charge in [-0.25, -0.2) is 14.8 Å². The Hall–Kier alpha value is -1.91. The lowest BCUT2D eigenvalue weighted by atomic mass is 9.90. The van der Waals surface area contributed by atoms with E-state index < -0.39 is 5.97 Å². The minimum absolute atomic E-state index is 0.0654. The molecule has 5 heteroatoms. The molecule has 17 heavy (non-hydrogen) atoms. The summed E-state index contributed by atoms with van der Waals surface area (Å²) in [5, 5.41) is 8.88. The largest absolute Gasteiger partial charge is 0.478 e. The first-order chi connectivity index (χ1) is 7.94. The summed E-state index contributed by atoms with van der Waals surface area (Å²) in [5.74, 6) is -0.143. The van der Waals surface area contributed by atoms with Crippen molar-refractivity contribution in [2.75, 3.05) is 0 Å². The van der Waals surface area contributed by atoms with Gasteiger partial charge >= 0.3 is 5.97 Å². The molecule has 2 aromatic rings. The lowest BCUT2D eigenvalue weighted by molar-refractivity contribution is 0.0696. The Labute approximate surface area is 98.9 Å². The molecule has 2 heterocycles. The normalized spacial score (nSPS) is 11.9. The van der Waals surface area contributed by atoms with Crippen LogP contribution in [0.15, 0.2) is 12.3 Å². The minimum atomic E-state index is -0.981. The van der Waals surface area contributed by atoms with Crippen LogP contribution in [0.2, 0.25) is 0 Å². The first-order valence-corrected chi connectivity index (χ1v) is 5.53. The van der Waals surface area contributed by atoms with E-state index in [1.165, 1.54) is 6.20 Å². The number of imidazole rings is 1. The second-order valence-electron chi connectivity index (χ2n) is 4.72. The third kappa shape index (κ3) is 2.00. The van der Waals surface area contributed by atoms with Crippen molar-refractivity contribution in [2.24, 2.45) is 0 Å². The van der Waals surface area contributed by atoms with Crippen molar-refractivity contribution in [3.63, 3.8) is 0 Å². The number of carboxylic acid groups (broad SMARTS) is 1. The molecule has 5 nitrogen and oxygen atoms in total. The van der Waals surface area contributed by atoms with Crippen molar-refractivity contribution in [2.45, 2.75) is 32.6 Å². The molecule has 2 rings (SSSR count). The lowest BCUT2D eigenvalue weighted by Gasteiger charge is -2.18. The fourth-order valence-corrected chi connectivity index (χ4v) is 1.50. The number of pyridine rings is 1. The van der Waals surface area contributed by atoms with Crippen molar-refractivity contribution >= 4 is 17.1 Å². The summed E-state index contributed by atoms with van der Waals surface area (Å²) in [5.41, 5.74) is 1.33. The van der Waals surface area contributed by atoms with Gasteiger partial charge in [0.2, 0.25) is 0 Å². The molecule has 0 radical (unpaired) electrons. The third-order valence-corrected chi connectivity index (χ3v) is 3.11. The van der Waals surface area contributed by atoms with Gasteiger partial charge in [-0.2, -0.15) is 0 Å². The average molecular weight is 233 g/mol. The van der Waals surface area contributed by atoms with Crippen LogP contribution in [-0.4, -0.2) is 26.0 Å². The van der Waals surface area contributed by atoms with Gasteiger partial charge in [0.25, 0.3) is 0 Å². The summed E-state index contributed by atoms with van der Waals surface area (Å²) in [6.07, 6.45) is 2.27. The summed E-state index contributed by atoms with van der Waals surface area (Å²) < 4.78 is 0. The summed E-state index contributed by atoms with van der Waals surface area (Å²) in [4.78, 5) is 22.4. The second kappa shape index (κ2) is 3.84. The van der Waals surface area contributed by atoms with E-state index in [9.17, 15) is 4.79 Å². The molecule has 0 fully saturated rings. The highest BCUT2D eigenvalue weighted by Crippen LogP contribution is 2.25. The van der Waals surface area contributed by atoms with Gasteiger partial charge in [0, 0.05) is 11.6 Å². The first-order valence-electron chi connectivity index (χ1n) is 5.53. The fraction of sp³-hybridized carbons (Fsp3) is 0.417. The number of carbonyl (C=O) groups is 1. The highest BCUT2D eigenvalue weighted by molar-refractivity contribution is 5.90. The van der Waals surface area contributed by atoms with Crippen LogP contribution < -0.4 is 0 Å². The van der Waals surface area contributed by atoms with E-state index >= 15 is 0 Å². The molecule has 0 saturated heterocycles. The van der Waals surface area contributed by atoms with Gasteiger partial charge in [-0.05, 0) is 12.5 Å². The quantitative estimate of drug-likeness (QED) is 0.852. The number of hydrogen-bond acceptors (Lipinski definition) is 3. The predicted molar refractivity (Wildman–Crippen MR) is 64.2 cm³/mol. The number of rotatable bonds is 3. The number of aromatic amines is 1. The van der Waals surface area contributed by atoms with Crippen molar-refractivity contribution in [1.82, 2.24) is 15.0 Å². The smallest absolute Gasteiger partial charge is 0.337 e. The van der Waals surface area contributed by atoms with E-state index in [0.29, 0.717) is 11.2 Å². The zero-order chi connectivity index (χ0) is 12.6. The Bertz CT molecular complexity index is 572. The zero-order valence-electron chi connectivity index (χ0n) is 10.1. The average Bonchev–Trinajstić information content (AvgIpc) is 2.72. The fourth-order valence-electron chi connectivity index (χ4n) is 1.50. The molecule has 0 aliphatic heterocycles. The van der Waals surface area contributed by atoms with Crippen LogP contribution in [0, 0.1) is 0 Å². The molecule has 2 aromatic heterocycles. The molecule has 0 atom stereocenters. The van der Waals surface area contributed by atoms with E-state index in [1.807, 2.05) is 0 Å². The Kier molecular flexibility index (Phi) is 2.61. The monoisotopic (exact) mass is 233 g/mol. The van der Waals surface area contributed by atoms with Gasteiger partial charge in [-0.1, -0.05) is 20.8 Å². The maximum Gasteiger partial charge on any atom is 0.337 e. The van der Waals surface area contributed by atoms with Gasteiger partial charge in [0.1, 0.15) is 5.82 Å². The van der Waals surface area contributed by atoms with Crippen LogP contribution in [0.1, 0.15) is 43.4 Å². The molecule has 0 bridgehead atoms. The van der Waals surface area contributed by atoms with Gasteiger partial charge in [0.15, 0.2) is 5.65 Å². The third-order valence-electron chi connectivity index (χ3n) is 3.11. The lowest BCUT2D eigenvalue weighted by Crippen LogP contribution is -2.17. The van der Waals surface area contributed by atoms with Crippen molar-refractivity contribution in [3.05, 3.63) is 23.7 Å². The Morgan fingerprint density at radius 3 is 2.82 bits per heavy atom. The molecule has 0 amide bonds. The number of nitrogens with one attached hydrogen (secondary N) is 1. The van der Waals surface area contributed by atoms with E-state index in [-0.39, 0.29) is 11.0 Å². The van der Waals surface area contributed by atoms with Gasteiger partial charge in [0.05, 0.1) is 11.1 Å². The number of fused-ring (bicyclic) bond motifs is 1. The van der Waals surface area contributed by atoms with Crippen molar-refractivity contribution in [1.29, 1.82) is 0 Å². The van der Waals surface area contributed by atoms with Crippen LogP contribution in [0.3, 0.4) is 0 Å². The minimum Gasteiger partial charge on any atom is -0.478 e. The van der Waals surface area contributed by atoms with Gasteiger partial charge in [-0.3, -0.25) is 0 Å². The zero-order valence-corrected chi connectivity index (χ0v) is 10.1. The Morgan fingerprint density at radius 1 is 1.53 bits per heavy atom. The molecule has 0 spiro atoms. The predicted octanol–water partition coefficient (Wildman–Crippen LogP) is 2.34. The highest BCUT2D eigenvalue weighted by Gasteiger charge is 2.22. The number of aromatic carboxylic acids is 1. The summed E-state index contributed by atoms with van der Waals surface area (Å²) in [7, 11) is 0. The molecule has 0 aromatic carbocycles. The summed E-state index contributed by atoms with van der Waals surface area (Å²) in [6.45, 7) is 6.26. The van der Waals surface area contributed by atoms with Crippen LogP contribution in [0.5, 0.6) is 0 Å². The Morgan fingerprint density at radius 2 is 2.24 bits per heavy atom. The Balaban J connectivity index is 2.54. The van der Waals surface area contributed by atoms with E-state index in [0.717, 1.165) is 12.2 Å². The molecule has 0 saturated carbocycles. The number of H-pyrrole nitrogens is 1. The van der Waals surface area contributed by atoms with Crippen LogP contribution in [0.25, 0.3) is 11.2 Å². The SMILES string of the molecule is CCC(C)(C)c1nc2ncc(C(=O)O)cc2[nH]1. The van der Waals surface area contributed by atoms with E-state index in [4.69, 9.17) is 5.11 Å². The molecule has 0 aliphatic rings. The number of carboxylic acids is 1. The number of nitrogens with zero attached hydrogens (tertiary/aromatic N) is 2. The second-order valence-corrected chi connectivity index (χ2v) is 4.72. The molecule has 0 unspecified atom stereocenters. The first kappa shape index (κ1) is 11.6. The summed E-state index contributed by atoms with van der Waals surface area (Å²) >= 11 is 0. The van der Waals surface area contributed by atoms with Crippen LogP contribution in [0.4, 0.5) is 0 Å². The topological polar surface area (TPSA) is 78.9 Å². The van der Waals surface area contributed by atoms with E-state index in [1.54, 1.807) is 6.07 Å². The van der Waals surface area contributed by atoms with Crippen molar-refractivity contribution < 1.29 is 9.90 Å². The molecule has 90 valence electrons. The van der Waals surface area contributed by atoms with E-state index in [2.05, 4.69) is 35.7 Å². The molecule has 2 N–H and O–H groups in total. The standard InChI is InChI=1S/C12H15N3O2/c1-4-12(2,3)11-14-8-5-7(10(16)17)6-13-9(8)15-11/h5-6H,4H2,1-3H3,(H,16,17)(H,13,14,15). The molecular weight excluding hydrogens is 218 g/mol.